The Balaban J connectivity index is 1.79. The molecule has 4 rings (SSSR count). The fourth-order valence-electron chi connectivity index (χ4n) is 3.54. The molecule has 0 unspecified atom stereocenters. The number of hydrogen-bond acceptors (Lipinski definition) is 5. The molecule has 0 aliphatic carbocycles. The van der Waals surface area contributed by atoms with E-state index < -0.39 is 18.5 Å². The van der Waals surface area contributed by atoms with E-state index in [1.54, 1.807) is 37.4 Å². The minimum Gasteiger partial charge on any atom is -0.437 e. The number of nitrogens with two attached hydrogens (primary N) is 1. The number of para-hydroxylation sites is 1. The molecule has 10 heteroatoms. The number of carbonyl (C=O) groups excluding carboxylic acids is 1. The van der Waals surface area contributed by atoms with Crippen molar-refractivity contribution in [1.29, 1.82) is 0 Å². The highest BCUT2D eigenvalue weighted by atomic mass is 19.4. The second kappa shape index (κ2) is 9.05. The van der Waals surface area contributed by atoms with E-state index in [-0.39, 0.29) is 12.4 Å². The molecule has 2 aromatic heterocycles. The molecule has 0 saturated heterocycles. The third-order valence-electron chi connectivity index (χ3n) is 5.26. The molecule has 4 aromatic rings. The van der Waals surface area contributed by atoms with E-state index in [9.17, 15) is 18.0 Å². The third kappa shape index (κ3) is 4.95. The number of primary amides is 1. The van der Waals surface area contributed by atoms with Crippen LogP contribution in [0, 0.1) is 13.8 Å². The topological polar surface area (TPSA) is 94.5 Å². The molecule has 0 spiro atoms. The third-order valence-corrected chi connectivity index (χ3v) is 5.26. The molecule has 34 heavy (non-hydrogen) atoms. The lowest BCUT2D eigenvalue weighted by molar-refractivity contribution is -0.131. The van der Waals surface area contributed by atoms with Crippen LogP contribution in [0.4, 0.5) is 18.9 Å². The van der Waals surface area contributed by atoms with E-state index in [1.807, 2.05) is 25.1 Å². The summed E-state index contributed by atoms with van der Waals surface area (Å²) in [6.07, 6.45) is -3.73. The van der Waals surface area contributed by atoms with Crippen molar-refractivity contribution >= 4 is 17.2 Å². The molecule has 176 valence electrons. The maximum Gasteiger partial charge on any atom is 0.390 e. The molecule has 0 saturated carbocycles. The zero-order chi connectivity index (χ0) is 24.5. The number of ether oxygens (including phenoxy) is 1. The molecule has 1 amide bonds. The first kappa shape index (κ1) is 23.1. The van der Waals surface area contributed by atoms with Crippen molar-refractivity contribution in [2.24, 2.45) is 5.73 Å². The van der Waals surface area contributed by atoms with Crippen LogP contribution in [-0.2, 0) is 0 Å². The van der Waals surface area contributed by atoms with E-state index in [1.165, 1.54) is 10.6 Å². The average molecular weight is 469 g/mol. The number of imidazole rings is 1. The number of nitrogens with zero attached hydrogens (tertiary/aromatic N) is 3. The lowest BCUT2D eigenvalue weighted by atomic mass is 10.0. The number of halogens is 3. The number of aromatic nitrogens is 3. The van der Waals surface area contributed by atoms with Gasteiger partial charge in [0.2, 0.25) is 11.8 Å². The summed E-state index contributed by atoms with van der Waals surface area (Å²) < 4.78 is 45.6. The summed E-state index contributed by atoms with van der Waals surface area (Å²) in [5, 5.41) is 7.33. The van der Waals surface area contributed by atoms with Crippen LogP contribution in [0.2, 0.25) is 0 Å². The van der Waals surface area contributed by atoms with Gasteiger partial charge in [-0.15, -0.1) is 5.10 Å². The van der Waals surface area contributed by atoms with Crippen LogP contribution in [0.15, 0.2) is 54.7 Å². The Morgan fingerprint density at radius 2 is 1.88 bits per heavy atom. The fourth-order valence-corrected chi connectivity index (χ4v) is 3.54. The summed E-state index contributed by atoms with van der Waals surface area (Å²) in [4.78, 5) is 16.0. The first-order valence-electron chi connectivity index (χ1n) is 10.5. The van der Waals surface area contributed by atoms with Crippen molar-refractivity contribution in [2.75, 3.05) is 11.9 Å². The van der Waals surface area contributed by atoms with E-state index >= 15 is 0 Å². The van der Waals surface area contributed by atoms with Crippen LogP contribution in [0.3, 0.4) is 0 Å². The summed E-state index contributed by atoms with van der Waals surface area (Å²) in [5.41, 5.74) is 9.31. The Morgan fingerprint density at radius 1 is 1.12 bits per heavy atom. The highest BCUT2D eigenvalue weighted by molar-refractivity contribution is 5.94. The van der Waals surface area contributed by atoms with Gasteiger partial charge in [-0.3, -0.25) is 4.79 Å². The number of aryl methyl sites for hydroxylation is 2. The number of benzene rings is 2. The number of alkyl halides is 3. The molecular weight excluding hydrogens is 447 g/mol. The van der Waals surface area contributed by atoms with Gasteiger partial charge in [-0.1, -0.05) is 24.3 Å². The van der Waals surface area contributed by atoms with Gasteiger partial charge < -0.3 is 15.8 Å². The number of fused-ring (bicyclic) bond motifs is 1. The fraction of sp³-hybridized carbons (Fsp3) is 0.208. The molecule has 0 bridgehead atoms. The quantitative estimate of drug-likeness (QED) is 0.385. The van der Waals surface area contributed by atoms with Crippen LogP contribution >= 0.6 is 0 Å². The minimum atomic E-state index is -4.29. The Labute approximate surface area is 193 Å². The van der Waals surface area contributed by atoms with Crippen molar-refractivity contribution in [1.82, 2.24) is 14.6 Å². The van der Waals surface area contributed by atoms with Crippen LogP contribution in [0.5, 0.6) is 11.6 Å². The predicted molar refractivity (Wildman–Crippen MR) is 122 cm³/mol. The highest BCUT2D eigenvalue weighted by Crippen LogP contribution is 2.31. The molecular formula is C24H22F3N5O2. The number of rotatable bonds is 7. The second-order valence-corrected chi connectivity index (χ2v) is 7.83. The normalized spacial score (nSPS) is 11.6. The van der Waals surface area contributed by atoms with Gasteiger partial charge in [0, 0.05) is 23.7 Å². The van der Waals surface area contributed by atoms with Gasteiger partial charge in [-0.05, 0) is 43.2 Å². The van der Waals surface area contributed by atoms with Gasteiger partial charge in [0.15, 0.2) is 5.65 Å². The summed E-state index contributed by atoms with van der Waals surface area (Å²) in [6.45, 7) is 3.31. The van der Waals surface area contributed by atoms with Crippen LogP contribution in [0.1, 0.15) is 27.9 Å². The first-order chi connectivity index (χ1) is 16.1. The molecule has 2 aromatic carbocycles. The van der Waals surface area contributed by atoms with Crippen molar-refractivity contribution in [3.8, 4) is 22.9 Å². The second-order valence-electron chi connectivity index (χ2n) is 7.83. The van der Waals surface area contributed by atoms with Crippen molar-refractivity contribution in [3.63, 3.8) is 0 Å². The summed E-state index contributed by atoms with van der Waals surface area (Å²) in [6, 6.07) is 14.0. The standard InChI is InChI=1S/C24H22F3N5O2/c1-14-5-3-4-6-20(14)34-21-12-18(29-10-9-24(25,26)27)23-30-13-19(32(23)31-21)16-7-8-17(22(28)33)15(2)11-16/h3-8,11-13,29H,9-10H2,1-2H3,(H2,28,33). The maximum atomic E-state index is 12.7. The number of anilines is 1. The molecule has 0 aliphatic heterocycles. The molecule has 3 N–H and O–H groups in total. The van der Waals surface area contributed by atoms with Crippen LogP contribution in [-0.4, -0.2) is 33.2 Å². The Bertz CT molecular complexity index is 1360. The van der Waals surface area contributed by atoms with Crippen molar-refractivity contribution < 1.29 is 22.7 Å². The monoisotopic (exact) mass is 469 g/mol. The number of carbonyl (C=O) groups is 1. The zero-order valence-electron chi connectivity index (χ0n) is 18.5. The maximum absolute atomic E-state index is 12.7. The van der Waals surface area contributed by atoms with E-state index in [0.29, 0.717) is 39.5 Å². The predicted octanol–water partition coefficient (Wildman–Crippen LogP) is 5.27. The zero-order valence-corrected chi connectivity index (χ0v) is 18.5. The van der Waals surface area contributed by atoms with Gasteiger partial charge in [-0.2, -0.15) is 13.2 Å². The smallest absolute Gasteiger partial charge is 0.390 e. The van der Waals surface area contributed by atoms with Gasteiger partial charge in [0.1, 0.15) is 5.75 Å². The summed E-state index contributed by atoms with van der Waals surface area (Å²) in [5.74, 6) is 0.213. The Hall–Kier alpha value is -4.08. The molecule has 0 fully saturated rings. The lowest BCUT2D eigenvalue weighted by Gasteiger charge is -2.13. The van der Waals surface area contributed by atoms with Crippen LogP contribution in [0.25, 0.3) is 16.9 Å². The number of nitrogens with one attached hydrogen (secondary N) is 1. The van der Waals surface area contributed by atoms with Gasteiger partial charge in [0.05, 0.1) is 24.0 Å². The van der Waals surface area contributed by atoms with Gasteiger partial charge in [-0.25, -0.2) is 9.50 Å². The molecule has 0 radical (unpaired) electrons. The van der Waals surface area contributed by atoms with Crippen molar-refractivity contribution in [2.45, 2.75) is 26.4 Å². The highest BCUT2D eigenvalue weighted by Gasteiger charge is 2.26. The van der Waals surface area contributed by atoms with E-state index in [2.05, 4.69) is 15.4 Å². The molecule has 2 heterocycles. The largest absolute Gasteiger partial charge is 0.437 e. The first-order valence-corrected chi connectivity index (χ1v) is 10.5. The number of amides is 1. The lowest BCUT2D eigenvalue weighted by Crippen LogP contribution is -2.15. The molecule has 7 nitrogen and oxygen atoms in total. The van der Waals surface area contributed by atoms with E-state index in [0.717, 1.165) is 5.56 Å². The molecule has 0 aliphatic rings. The number of hydrogen-bond donors (Lipinski definition) is 2. The SMILES string of the molecule is Cc1ccccc1Oc1cc(NCCC(F)(F)F)c2ncc(-c3ccc(C(N)=O)c(C)c3)n2n1. The minimum absolute atomic E-state index is 0.182. The average Bonchev–Trinajstić information content (AvgIpc) is 3.18. The Kier molecular flexibility index (Phi) is 6.14. The van der Waals surface area contributed by atoms with Crippen LogP contribution < -0.4 is 15.8 Å². The van der Waals surface area contributed by atoms with Crippen molar-refractivity contribution in [3.05, 3.63) is 71.4 Å². The van der Waals surface area contributed by atoms with Gasteiger partial charge >= 0.3 is 6.18 Å². The summed E-state index contributed by atoms with van der Waals surface area (Å²) >= 11 is 0. The molecule has 0 atom stereocenters. The summed E-state index contributed by atoms with van der Waals surface area (Å²) in [7, 11) is 0. The van der Waals surface area contributed by atoms with Gasteiger partial charge in [0.25, 0.3) is 0 Å². The van der Waals surface area contributed by atoms with E-state index in [4.69, 9.17) is 10.5 Å². The Morgan fingerprint density at radius 3 is 2.56 bits per heavy atom.